The van der Waals surface area contributed by atoms with Gasteiger partial charge in [-0.3, -0.25) is 0 Å². The number of methoxy groups -OCH3 is 2. The Balaban J connectivity index is 2.39. The lowest BCUT2D eigenvalue weighted by molar-refractivity contribution is 0.0586. The van der Waals surface area contributed by atoms with Crippen LogP contribution in [0.25, 0.3) is 0 Å². The Morgan fingerprint density at radius 1 is 1.38 bits per heavy atom. The first-order chi connectivity index (χ1) is 10.1. The van der Waals surface area contributed by atoms with Crippen LogP contribution in [0, 0.1) is 0 Å². The van der Waals surface area contributed by atoms with Crippen molar-refractivity contribution < 1.29 is 14.3 Å². The minimum Gasteiger partial charge on any atom is -0.497 e. The van der Waals surface area contributed by atoms with Crippen LogP contribution >= 0.6 is 0 Å². The molecule has 0 aliphatic rings. The van der Waals surface area contributed by atoms with Crippen LogP contribution in [0.15, 0.2) is 30.6 Å². The lowest BCUT2D eigenvalue weighted by Crippen LogP contribution is -2.30. The van der Waals surface area contributed by atoms with Gasteiger partial charge >= 0.3 is 5.97 Å². The van der Waals surface area contributed by atoms with E-state index in [-0.39, 0.29) is 17.9 Å². The second-order valence-corrected chi connectivity index (χ2v) is 4.62. The van der Waals surface area contributed by atoms with E-state index in [4.69, 9.17) is 10.5 Å². The summed E-state index contributed by atoms with van der Waals surface area (Å²) in [7, 11) is 2.89. The molecular weight excluding hydrogens is 272 g/mol. The highest BCUT2D eigenvalue weighted by molar-refractivity contribution is 5.84. The number of hydrogen-bond acceptors (Lipinski definition) is 6. The fourth-order valence-electron chi connectivity index (χ4n) is 2.12. The smallest absolute Gasteiger partial charge is 0.377 e. The second-order valence-electron chi connectivity index (χ2n) is 4.62. The highest BCUT2D eigenvalue weighted by atomic mass is 16.5. The van der Waals surface area contributed by atoms with Crippen LogP contribution in [0.2, 0.25) is 0 Å². The maximum absolute atomic E-state index is 11.4. The van der Waals surface area contributed by atoms with E-state index < -0.39 is 5.97 Å². The number of esters is 1. The summed E-state index contributed by atoms with van der Waals surface area (Å²) >= 11 is 0. The average Bonchev–Trinajstić information content (AvgIpc) is 2.96. The summed E-state index contributed by atoms with van der Waals surface area (Å²) in [6.07, 6.45) is 1.47. The third kappa shape index (κ3) is 3.19. The van der Waals surface area contributed by atoms with Crippen LogP contribution in [0.5, 0.6) is 5.75 Å². The normalized spacial score (nSPS) is 13.5. The minimum absolute atomic E-state index is 0.00560. The zero-order valence-corrected chi connectivity index (χ0v) is 12.2. The van der Waals surface area contributed by atoms with Crippen molar-refractivity contribution in [2.45, 2.75) is 19.0 Å². The number of nitrogens with two attached hydrogens (primary N) is 1. The maximum Gasteiger partial charge on any atom is 0.377 e. The molecule has 7 nitrogen and oxygen atoms in total. The summed E-state index contributed by atoms with van der Waals surface area (Å²) < 4.78 is 11.4. The first-order valence-electron chi connectivity index (χ1n) is 6.45. The van der Waals surface area contributed by atoms with E-state index in [2.05, 4.69) is 14.8 Å². The van der Waals surface area contributed by atoms with Crippen molar-refractivity contribution >= 4 is 5.97 Å². The highest BCUT2D eigenvalue weighted by Gasteiger charge is 2.22. The van der Waals surface area contributed by atoms with Crippen LogP contribution < -0.4 is 10.5 Å². The van der Waals surface area contributed by atoms with E-state index in [0.717, 1.165) is 11.3 Å². The van der Waals surface area contributed by atoms with E-state index in [0.29, 0.717) is 0 Å². The number of carbonyl (C=O) groups is 1. The molecule has 0 fully saturated rings. The summed E-state index contributed by atoms with van der Waals surface area (Å²) in [5.41, 5.74) is 6.99. The highest BCUT2D eigenvalue weighted by Crippen LogP contribution is 2.24. The van der Waals surface area contributed by atoms with Gasteiger partial charge in [-0.15, -0.1) is 5.10 Å². The Kier molecular flexibility index (Phi) is 4.54. The number of ether oxygens (including phenoxy) is 2. The van der Waals surface area contributed by atoms with Crippen LogP contribution in [0.4, 0.5) is 0 Å². The number of rotatable bonds is 5. The van der Waals surface area contributed by atoms with Crippen LogP contribution in [-0.2, 0) is 4.74 Å². The van der Waals surface area contributed by atoms with E-state index in [9.17, 15) is 4.79 Å². The Labute approximate surface area is 122 Å². The van der Waals surface area contributed by atoms with Crippen LogP contribution in [0.3, 0.4) is 0 Å². The summed E-state index contributed by atoms with van der Waals surface area (Å²) in [4.78, 5) is 15.4. The predicted octanol–water partition coefficient (Wildman–Crippen LogP) is 1.01. The molecule has 0 saturated heterocycles. The van der Waals surface area contributed by atoms with Gasteiger partial charge in [-0.25, -0.2) is 14.5 Å². The average molecular weight is 290 g/mol. The zero-order chi connectivity index (χ0) is 15.4. The molecule has 7 heteroatoms. The summed E-state index contributed by atoms with van der Waals surface area (Å²) in [6, 6.07) is 7.05. The maximum atomic E-state index is 11.4. The van der Waals surface area contributed by atoms with Crippen molar-refractivity contribution in [2.75, 3.05) is 14.2 Å². The molecule has 1 aromatic heterocycles. The molecule has 1 heterocycles. The molecule has 0 bridgehead atoms. The third-order valence-electron chi connectivity index (χ3n) is 3.09. The molecule has 0 aliphatic heterocycles. The first-order valence-corrected chi connectivity index (χ1v) is 6.45. The fourth-order valence-corrected chi connectivity index (χ4v) is 2.12. The van der Waals surface area contributed by atoms with E-state index in [1.54, 1.807) is 11.8 Å². The van der Waals surface area contributed by atoms with Crippen molar-refractivity contribution in [3.8, 4) is 5.75 Å². The molecule has 0 spiro atoms. The standard InChI is InChI=1S/C14H18N4O3/c1-9(15)12(10-5-4-6-11(7-10)20-2)18-8-16-13(17-18)14(19)21-3/h4-9,12H,15H2,1-3H3. The molecule has 0 saturated carbocycles. The molecule has 1 aromatic carbocycles. The van der Waals surface area contributed by atoms with Gasteiger partial charge in [0, 0.05) is 6.04 Å². The third-order valence-corrected chi connectivity index (χ3v) is 3.09. The SMILES string of the molecule is COC(=O)c1ncn(C(c2cccc(OC)c2)C(C)N)n1. The molecule has 0 amide bonds. The molecule has 21 heavy (non-hydrogen) atoms. The fraction of sp³-hybridized carbons (Fsp3) is 0.357. The van der Waals surface area contributed by atoms with Crippen LogP contribution in [0.1, 0.15) is 29.1 Å². The summed E-state index contributed by atoms with van der Waals surface area (Å²) in [5.74, 6) is 0.153. The van der Waals surface area contributed by atoms with Crippen molar-refractivity contribution in [1.29, 1.82) is 0 Å². The van der Waals surface area contributed by atoms with Crippen molar-refractivity contribution in [3.05, 3.63) is 42.0 Å². The van der Waals surface area contributed by atoms with Crippen molar-refractivity contribution in [1.82, 2.24) is 14.8 Å². The number of aromatic nitrogens is 3. The number of nitrogens with zero attached hydrogens (tertiary/aromatic N) is 3. The molecule has 0 radical (unpaired) electrons. The first kappa shape index (κ1) is 15.0. The van der Waals surface area contributed by atoms with Gasteiger partial charge in [0.1, 0.15) is 12.1 Å². The van der Waals surface area contributed by atoms with Gasteiger partial charge in [0.2, 0.25) is 0 Å². The van der Waals surface area contributed by atoms with Gasteiger partial charge in [0.15, 0.2) is 0 Å². The largest absolute Gasteiger partial charge is 0.497 e. The van der Waals surface area contributed by atoms with Gasteiger partial charge in [-0.05, 0) is 24.6 Å². The van der Waals surface area contributed by atoms with Crippen molar-refractivity contribution in [3.63, 3.8) is 0 Å². The summed E-state index contributed by atoms with van der Waals surface area (Å²) in [5, 5.41) is 4.14. The molecule has 2 rings (SSSR count). The monoisotopic (exact) mass is 290 g/mol. The molecule has 0 aliphatic carbocycles. The van der Waals surface area contributed by atoms with Gasteiger partial charge in [0.25, 0.3) is 5.82 Å². The van der Waals surface area contributed by atoms with E-state index in [1.807, 2.05) is 31.2 Å². The Morgan fingerprint density at radius 2 is 2.14 bits per heavy atom. The predicted molar refractivity (Wildman–Crippen MR) is 76.1 cm³/mol. The molecule has 2 N–H and O–H groups in total. The van der Waals surface area contributed by atoms with Crippen LogP contribution in [-0.4, -0.2) is 41.0 Å². The molecule has 2 unspecified atom stereocenters. The Bertz CT molecular complexity index is 624. The number of hydrogen-bond donors (Lipinski definition) is 1. The molecule has 2 aromatic rings. The zero-order valence-electron chi connectivity index (χ0n) is 12.2. The second kappa shape index (κ2) is 6.36. The van der Waals surface area contributed by atoms with Gasteiger partial charge in [-0.1, -0.05) is 12.1 Å². The number of carbonyl (C=O) groups excluding carboxylic acids is 1. The minimum atomic E-state index is -0.581. The van der Waals surface area contributed by atoms with E-state index in [1.165, 1.54) is 13.4 Å². The quantitative estimate of drug-likeness (QED) is 0.826. The van der Waals surface area contributed by atoms with Gasteiger partial charge in [-0.2, -0.15) is 0 Å². The Morgan fingerprint density at radius 3 is 2.76 bits per heavy atom. The lowest BCUT2D eigenvalue weighted by atomic mass is 10.0. The van der Waals surface area contributed by atoms with Gasteiger partial charge < -0.3 is 15.2 Å². The molecule has 2 atom stereocenters. The van der Waals surface area contributed by atoms with E-state index >= 15 is 0 Å². The Hall–Kier alpha value is -2.41. The summed E-state index contributed by atoms with van der Waals surface area (Å²) in [6.45, 7) is 1.86. The molecular formula is C14H18N4O3. The lowest BCUT2D eigenvalue weighted by Gasteiger charge is -2.21. The van der Waals surface area contributed by atoms with Crippen molar-refractivity contribution in [2.24, 2.45) is 5.73 Å². The number of benzene rings is 1. The topological polar surface area (TPSA) is 92.3 Å². The van der Waals surface area contributed by atoms with Gasteiger partial charge in [0.05, 0.1) is 20.3 Å². The molecule has 112 valence electrons.